The van der Waals surface area contributed by atoms with Crippen LogP contribution < -0.4 is 60.4 Å². The third-order valence-electron chi connectivity index (χ3n) is 10.5. The summed E-state index contributed by atoms with van der Waals surface area (Å²) in [5, 5.41) is 24.0. The number of esters is 2. The molecule has 0 saturated heterocycles. The lowest BCUT2D eigenvalue weighted by Crippen LogP contribution is -2.61. The van der Waals surface area contributed by atoms with Crippen molar-refractivity contribution >= 4 is 64.8 Å². The number of hydrogen-bond donors (Lipinski definition) is 12. The van der Waals surface area contributed by atoms with Gasteiger partial charge in [-0.2, -0.15) is 11.8 Å². The number of carbonyl (C=O) groups is 9. The van der Waals surface area contributed by atoms with Gasteiger partial charge in [0.05, 0.1) is 18.7 Å². The van der Waals surface area contributed by atoms with E-state index in [2.05, 4.69) is 37.4 Å². The van der Waals surface area contributed by atoms with Gasteiger partial charge in [0.15, 0.2) is 0 Å². The number of carbonyl (C=O) groups excluding carboxylic acids is 9. The third-order valence-corrected chi connectivity index (χ3v) is 11.7. The van der Waals surface area contributed by atoms with Gasteiger partial charge in [-0.25, -0.2) is 5.43 Å². The molecule has 0 aliphatic heterocycles. The molecule has 0 radical (unpaired) electrons. The molecule has 0 aromatic heterocycles. The van der Waals surface area contributed by atoms with Crippen LogP contribution in [0, 0.1) is 0 Å². The topological polar surface area (TPSA) is 381 Å². The van der Waals surface area contributed by atoms with Crippen LogP contribution in [0.1, 0.15) is 131 Å². The van der Waals surface area contributed by atoms with E-state index in [1.54, 1.807) is 20.8 Å². The maximum absolute atomic E-state index is 14.0. The van der Waals surface area contributed by atoms with Crippen LogP contribution in [0.5, 0.6) is 0 Å². The number of rotatable bonds is 42. The van der Waals surface area contributed by atoms with Gasteiger partial charge in [0.1, 0.15) is 36.9 Å². The minimum Gasteiger partial charge on any atom is -0.462 e. The summed E-state index contributed by atoms with van der Waals surface area (Å²) in [6.07, 6.45) is 4.04. The molecule has 0 fully saturated rings. The summed E-state index contributed by atoms with van der Waals surface area (Å²) in [4.78, 5) is 119. The number of ether oxygens (including phenoxy) is 2. The highest BCUT2D eigenvalue weighted by molar-refractivity contribution is 7.99. The number of aliphatic hydroxyl groups excluding tert-OH is 1. The zero-order valence-corrected chi connectivity index (χ0v) is 42.4. The van der Waals surface area contributed by atoms with E-state index in [4.69, 9.17) is 32.4 Å². The van der Waals surface area contributed by atoms with Crippen molar-refractivity contribution in [1.29, 1.82) is 0 Å². The molecule has 23 nitrogen and oxygen atoms in total. The first-order valence-electron chi connectivity index (χ1n) is 24.4. The second kappa shape index (κ2) is 39.4. The average Bonchev–Trinajstić information content (AvgIpc) is 3.33. The zero-order valence-electron chi connectivity index (χ0n) is 41.5. The highest BCUT2D eigenvalue weighted by atomic mass is 32.2. The number of ketones is 2. The van der Waals surface area contributed by atoms with E-state index in [-0.39, 0.29) is 69.2 Å². The lowest BCUT2D eigenvalue weighted by atomic mass is 9.94. The first-order chi connectivity index (χ1) is 33.0. The van der Waals surface area contributed by atoms with Crippen molar-refractivity contribution in [3.63, 3.8) is 0 Å². The molecule has 398 valence electrons. The van der Waals surface area contributed by atoms with Crippen LogP contribution in [0.3, 0.4) is 0 Å². The van der Waals surface area contributed by atoms with Gasteiger partial charge in [-0.15, -0.1) is 0 Å². The maximum Gasteiger partial charge on any atom is 0.305 e. The number of thioether (sulfide) groups is 1. The van der Waals surface area contributed by atoms with Gasteiger partial charge in [-0.3, -0.25) is 48.6 Å². The Morgan fingerprint density at radius 3 is 1.42 bits per heavy atom. The normalized spacial score (nSPS) is 14.2. The summed E-state index contributed by atoms with van der Waals surface area (Å²) >= 11 is 1.13. The molecule has 0 saturated carbocycles. The van der Waals surface area contributed by atoms with Gasteiger partial charge in [-0.05, 0) is 96.8 Å². The number of hydrazine groups is 1. The second-order valence-corrected chi connectivity index (χ2v) is 17.9. The Balaban J connectivity index is 6.30. The molecule has 0 aromatic carbocycles. The number of Topliss-reactive ketones (excluding diaryl/α,β-unsaturated/α-hetero) is 2. The molecule has 5 amide bonds. The van der Waals surface area contributed by atoms with Gasteiger partial charge in [0.2, 0.25) is 35.2 Å². The average molecular weight is 1000 g/mol. The molecule has 0 spiro atoms. The monoisotopic (exact) mass is 1000 g/mol. The summed E-state index contributed by atoms with van der Waals surface area (Å²) in [6, 6.07) is -7.29. The Hall–Kier alpha value is -4.30. The Kier molecular flexibility index (Phi) is 37.0. The van der Waals surface area contributed by atoms with Crippen LogP contribution in [0.25, 0.3) is 0 Å². The molecule has 0 heterocycles. The fraction of sp³-hybridized carbons (Fsp3) is 0.800. The molecule has 2 unspecified atom stereocenters. The summed E-state index contributed by atoms with van der Waals surface area (Å²) in [6.45, 7) is 8.77. The first-order valence-corrected chi connectivity index (χ1v) is 25.6. The quantitative estimate of drug-likeness (QED) is 0.0141. The largest absolute Gasteiger partial charge is 0.462 e. The van der Waals surface area contributed by atoms with Crippen molar-refractivity contribution in [3.05, 3.63) is 0 Å². The lowest BCUT2D eigenvalue weighted by Gasteiger charge is -2.27. The molecule has 0 aliphatic carbocycles. The molecule has 0 bridgehead atoms. The Labute approximate surface area is 412 Å². The highest BCUT2D eigenvalue weighted by Gasteiger charge is 2.35. The Bertz CT molecular complexity index is 1560. The van der Waals surface area contributed by atoms with Crippen LogP contribution >= 0.6 is 11.8 Å². The van der Waals surface area contributed by atoms with E-state index < -0.39 is 102 Å². The summed E-state index contributed by atoms with van der Waals surface area (Å²) in [5.41, 5.74) is 27.7. The van der Waals surface area contributed by atoms with E-state index in [9.17, 15) is 48.3 Å². The van der Waals surface area contributed by atoms with E-state index in [1.165, 1.54) is 0 Å². The smallest absolute Gasteiger partial charge is 0.305 e. The molecular formula is C45H85N11O12S. The molecule has 0 aromatic rings. The van der Waals surface area contributed by atoms with Crippen molar-refractivity contribution in [2.45, 2.75) is 179 Å². The maximum atomic E-state index is 14.0. The summed E-state index contributed by atoms with van der Waals surface area (Å²) < 4.78 is 10.5. The Morgan fingerprint density at radius 1 is 0.522 bits per heavy atom. The van der Waals surface area contributed by atoms with Crippen molar-refractivity contribution in [3.8, 4) is 0 Å². The van der Waals surface area contributed by atoms with Gasteiger partial charge >= 0.3 is 11.9 Å². The number of aliphatic hydroxyl groups is 1. The minimum absolute atomic E-state index is 0.0371. The van der Waals surface area contributed by atoms with Crippen molar-refractivity contribution in [2.75, 3.05) is 50.9 Å². The zero-order chi connectivity index (χ0) is 52.1. The molecular weight excluding hydrogens is 919 g/mol. The lowest BCUT2D eigenvalue weighted by molar-refractivity contribution is -0.157. The van der Waals surface area contributed by atoms with Crippen molar-refractivity contribution in [2.24, 2.45) is 22.9 Å². The van der Waals surface area contributed by atoms with E-state index in [0.29, 0.717) is 77.4 Å². The summed E-state index contributed by atoms with van der Waals surface area (Å²) in [7, 11) is 0. The van der Waals surface area contributed by atoms with Gasteiger partial charge < -0.3 is 64.1 Å². The predicted molar refractivity (Wildman–Crippen MR) is 263 cm³/mol. The summed E-state index contributed by atoms with van der Waals surface area (Å²) in [5.74, 6) is -6.06. The number of nitrogens with two attached hydrogens (primary N) is 4. The molecule has 0 aliphatic rings. The SMILES string of the molecule is CCC(=O)N[C@H](CSC[C@H](COC(=O)CC)OC(=O)CC)C(=O)NNC(CO)C(=O)N[C@@H](CCCCN)C(=O)NC(CCCCN)C(=O)N[C@@H](CCCCN)C(=O)C(=O)[C@H](CCCCN)NC(C)C. The van der Waals surface area contributed by atoms with E-state index in [0.717, 1.165) is 11.8 Å². The van der Waals surface area contributed by atoms with Crippen LogP contribution in [-0.2, 0) is 52.6 Å². The second-order valence-electron chi connectivity index (χ2n) is 16.8. The third kappa shape index (κ3) is 28.8. The predicted octanol–water partition coefficient (Wildman–Crippen LogP) is -1.65. The Morgan fingerprint density at radius 2 is 0.971 bits per heavy atom. The first kappa shape index (κ1) is 64.7. The van der Waals surface area contributed by atoms with E-state index in [1.807, 2.05) is 13.8 Å². The van der Waals surface area contributed by atoms with Gasteiger partial charge in [0.25, 0.3) is 5.91 Å². The highest BCUT2D eigenvalue weighted by Crippen LogP contribution is 2.13. The van der Waals surface area contributed by atoms with Crippen LogP contribution in [0.15, 0.2) is 0 Å². The molecule has 24 heteroatoms. The van der Waals surface area contributed by atoms with E-state index >= 15 is 0 Å². The van der Waals surface area contributed by atoms with Crippen molar-refractivity contribution in [1.82, 2.24) is 37.4 Å². The number of nitrogens with one attached hydrogen (secondary N) is 7. The van der Waals surface area contributed by atoms with Gasteiger partial charge in [0, 0.05) is 36.8 Å². The minimum atomic E-state index is -1.51. The van der Waals surface area contributed by atoms with Crippen LogP contribution in [0.2, 0.25) is 0 Å². The fourth-order valence-electron chi connectivity index (χ4n) is 6.54. The molecule has 7 atom stereocenters. The fourth-order valence-corrected chi connectivity index (χ4v) is 7.57. The van der Waals surface area contributed by atoms with Gasteiger partial charge in [-0.1, -0.05) is 41.0 Å². The molecule has 69 heavy (non-hydrogen) atoms. The number of amides is 5. The van der Waals surface area contributed by atoms with Crippen LogP contribution in [0.4, 0.5) is 0 Å². The number of hydrogen-bond acceptors (Lipinski definition) is 19. The van der Waals surface area contributed by atoms with Crippen molar-refractivity contribution < 1.29 is 57.7 Å². The van der Waals surface area contributed by atoms with Crippen LogP contribution in [-0.4, -0.2) is 157 Å². The molecule has 0 rings (SSSR count). The molecule has 16 N–H and O–H groups in total. The standard InChI is InChI=1S/C45H85N11O12S/c1-6-37(58)51-36(28-69-27-30(68-39(60)8-3)26-67-38(59)7-2)45(66)56-55-35(25-57)44(65)54-34(20-12-16-24-49)43(64)53-33(19-11-15-23-48)42(63)52-32(18-10-14-22-47)41(62)40(61)31(50-29(4)5)17-9-13-21-46/h29-36,50,55,57H,6-28,46-49H2,1-5H3,(H,51,58)(H,52,63)(H,53,64)(H,54,65)(H,56,66)/t30-,31-,32-,33?,34-,35?,36+/m0/s1. The number of unbranched alkanes of at least 4 members (excludes halogenated alkanes) is 4.